The fourth-order valence-corrected chi connectivity index (χ4v) is 29.1. The van der Waals surface area contributed by atoms with Crippen molar-refractivity contribution in [3.8, 4) is 0 Å². The van der Waals surface area contributed by atoms with Gasteiger partial charge in [0, 0.05) is 0 Å². The van der Waals surface area contributed by atoms with Gasteiger partial charge in [0.15, 0.2) is 0 Å². The molecule has 0 radical (unpaired) electrons. The van der Waals surface area contributed by atoms with Gasteiger partial charge in [-0.25, -0.2) is 0 Å². The first-order chi connectivity index (χ1) is 17.1. The van der Waals surface area contributed by atoms with Crippen LogP contribution in [0.2, 0.25) is 4.13 Å². The van der Waals surface area contributed by atoms with Crippen molar-refractivity contribution in [3.63, 3.8) is 0 Å². The van der Waals surface area contributed by atoms with Crippen LogP contribution >= 0.6 is 24.8 Å². The maximum Gasteiger partial charge on any atom is -0.147 e. The van der Waals surface area contributed by atoms with Crippen molar-refractivity contribution in [3.05, 3.63) is 80.9 Å². The van der Waals surface area contributed by atoms with Crippen molar-refractivity contribution in [2.24, 2.45) is 0 Å². The molecule has 0 N–H and O–H groups in total. The van der Waals surface area contributed by atoms with Gasteiger partial charge in [0.2, 0.25) is 0 Å². The summed E-state index contributed by atoms with van der Waals surface area (Å²) in [6.07, 6.45) is 10.7. The van der Waals surface area contributed by atoms with E-state index < -0.39 is 19.4 Å². The Balaban J connectivity index is 0.000000813. The van der Waals surface area contributed by atoms with Gasteiger partial charge in [-0.2, -0.15) is 0 Å². The molecule has 2 unspecified atom stereocenters. The van der Waals surface area contributed by atoms with Crippen LogP contribution in [0.4, 0.5) is 0 Å². The summed E-state index contributed by atoms with van der Waals surface area (Å²) in [5.74, 6) is 1.18. The van der Waals surface area contributed by atoms with Crippen molar-refractivity contribution in [2.75, 3.05) is 0 Å². The van der Waals surface area contributed by atoms with E-state index in [0.29, 0.717) is 11.8 Å². The minimum atomic E-state index is -2.57. The van der Waals surface area contributed by atoms with Crippen molar-refractivity contribution < 1.29 is 19.4 Å². The molecule has 0 aliphatic heterocycles. The number of allylic oxidation sites excluding steroid dienone is 2. The van der Waals surface area contributed by atoms with Crippen LogP contribution in [0.1, 0.15) is 140 Å². The Morgan fingerprint density at radius 1 is 0.684 bits per heavy atom. The number of benzene rings is 2. The van der Waals surface area contributed by atoms with Gasteiger partial charge in [0.1, 0.15) is 0 Å². The Hall–Kier alpha value is -0.400. The zero-order valence-electron chi connectivity index (χ0n) is 25.8. The summed E-state index contributed by atoms with van der Waals surface area (Å²) >= 11 is -2.57. The third kappa shape index (κ3) is 7.08. The van der Waals surface area contributed by atoms with Crippen LogP contribution in [-0.2, 0) is 19.4 Å². The molecule has 2 aliphatic rings. The third-order valence-electron chi connectivity index (χ3n) is 8.91. The average Bonchev–Trinajstić information content (AvgIpc) is 3.38. The molecule has 2 aromatic carbocycles. The second-order valence-corrected chi connectivity index (χ2v) is 35.2. The molecule has 38 heavy (non-hydrogen) atoms. The first kappa shape index (κ1) is 35.6. The Bertz CT molecular complexity index is 1030. The monoisotopic (exact) mass is 650 g/mol. The summed E-state index contributed by atoms with van der Waals surface area (Å²) in [5.41, 5.74) is 12.9. The van der Waals surface area contributed by atoms with Crippen LogP contribution in [0, 0.1) is 0 Å². The summed E-state index contributed by atoms with van der Waals surface area (Å²) in [7, 11) is 1.38. The van der Waals surface area contributed by atoms with E-state index in [1.165, 1.54) is 37.2 Å². The molecule has 0 heterocycles. The average molecular weight is 653 g/mol. The van der Waals surface area contributed by atoms with Crippen molar-refractivity contribution >= 4 is 44.3 Å². The second-order valence-electron chi connectivity index (χ2n) is 12.2. The van der Waals surface area contributed by atoms with E-state index in [1.54, 1.807) is 44.5 Å². The molecule has 4 heteroatoms. The van der Waals surface area contributed by atoms with E-state index in [2.05, 4.69) is 111 Å². The van der Waals surface area contributed by atoms with Gasteiger partial charge in [0.05, 0.1) is 0 Å². The smallest absolute Gasteiger partial charge is 0.147 e. The van der Waals surface area contributed by atoms with Gasteiger partial charge in [-0.1, -0.05) is 39.5 Å². The van der Waals surface area contributed by atoms with Crippen LogP contribution in [0.15, 0.2) is 47.5 Å². The molecule has 0 saturated carbocycles. The Morgan fingerprint density at radius 2 is 1.05 bits per heavy atom. The predicted octanol–water partition coefficient (Wildman–Crippen LogP) is 10.9. The van der Waals surface area contributed by atoms with Crippen LogP contribution in [-0.4, -0.2) is 7.37 Å². The van der Waals surface area contributed by atoms with Gasteiger partial charge < -0.3 is 0 Å². The van der Waals surface area contributed by atoms with E-state index in [9.17, 15) is 0 Å². The molecule has 0 bridgehead atoms. The summed E-state index contributed by atoms with van der Waals surface area (Å²) < 4.78 is 2.92. The molecule has 0 spiro atoms. The van der Waals surface area contributed by atoms with E-state index >= 15 is 0 Å². The SMILES string of the molecule is CCCCCC.C[CH2][Zr]([SiH3])([CH]1C(C)=Cc2c(C(C)C)cccc21)[CH]1C(C)=Cc2c(C(C)C)cccc21.Cl.Cl. The molecule has 2 aromatic rings. The summed E-state index contributed by atoms with van der Waals surface area (Å²) in [6, 6.07) is 14.3. The van der Waals surface area contributed by atoms with Crippen molar-refractivity contribution in [1.82, 2.24) is 0 Å². The number of hydrogen-bond donors (Lipinski definition) is 0. The standard InChI is InChI=1S/2C13H15.C6H14.C2H5.2ClH.H3Si.Zr/c2*1-9(2)12-6-4-5-11-7-10(3)8-13(11)12;1-3-5-6-4-2;1-2;;;;/h2*4-9H,1-3H3;3-6H2,1-2H3;1H2,2H3;2*1H;1H3;. The maximum absolute atomic E-state index is 2.57. The van der Waals surface area contributed by atoms with Crippen LogP contribution in [0.25, 0.3) is 12.2 Å². The number of hydrogen-bond acceptors (Lipinski definition) is 0. The quantitative estimate of drug-likeness (QED) is 0.197. The Kier molecular flexibility index (Phi) is 14.6. The van der Waals surface area contributed by atoms with E-state index in [1.807, 2.05) is 0 Å². The van der Waals surface area contributed by atoms with Gasteiger partial charge in [0.25, 0.3) is 0 Å². The topological polar surface area (TPSA) is 0 Å². The molecule has 2 atom stereocenters. The first-order valence-corrected chi connectivity index (χ1v) is 27.7. The summed E-state index contributed by atoms with van der Waals surface area (Å²) in [6.45, 7) is 21.2. The molecular formula is C34H54Cl2SiZr. The molecule has 4 rings (SSSR count). The van der Waals surface area contributed by atoms with Crippen LogP contribution in [0.5, 0.6) is 0 Å². The molecule has 0 nitrogen and oxygen atoms in total. The molecule has 0 fully saturated rings. The Morgan fingerprint density at radius 3 is 1.34 bits per heavy atom. The molecule has 2 aliphatic carbocycles. The second kappa shape index (κ2) is 15.6. The fourth-order valence-electron chi connectivity index (χ4n) is 6.99. The predicted molar refractivity (Wildman–Crippen MR) is 179 cm³/mol. The van der Waals surface area contributed by atoms with Gasteiger partial charge >= 0.3 is 192 Å². The number of rotatable bonds is 8. The number of unbranched alkanes of at least 4 members (excludes halogenated alkanes) is 3. The van der Waals surface area contributed by atoms with Crippen molar-refractivity contribution in [1.29, 1.82) is 0 Å². The molecule has 212 valence electrons. The Labute approximate surface area is 254 Å². The van der Waals surface area contributed by atoms with Crippen molar-refractivity contribution in [2.45, 2.75) is 111 Å². The number of fused-ring (bicyclic) bond motifs is 2. The largest absolute Gasteiger partial charge is 0.147 e. The fraction of sp³-hybridized carbons (Fsp3) is 0.529. The van der Waals surface area contributed by atoms with Crippen LogP contribution < -0.4 is 0 Å². The minimum absolute atomic E-state index is 0. The zero-order chi connectivity index (χ0) is 26.6. The molecular weight excluding hydrogens is 599 g/mol. The minimum Gasteiger partial charge on any atom is -0.147 e. The van der Waals surface area contributed by atoms with Crippen LogP contribution in [0.3, 0.4) is 0 Å². The molecule has 0 aromatic heterocycles. The van der Waals surface area contributed by atoms with Gasteiger partial charge in [-0.15, -0.1) is 24.8 Å². The van der Waals surface area contributed by atoms with Gasteiger partial charge in [-0.3, -0.25) is 0 Å². The van der Waals surface area contributed by atoms with Gasteiger partial charge in [-0.05, 0) is 0 Å². The molecule has 0 amide bonds. The van der Waals surface area contributed by atoms with E-state index in [-0.39, 0.29) is 24.8 Å². The first-order valence-electron chi connectivity index (χ1n) is 14.7. The van der Waals surface area contributed by atoms with E-state index in [4.69, 9.17) is 0 Å². The normalized spacial score (nSPS) is 18.9. The molecule has 0 saturated heterocycles. The number of halogens is 2. The zero-order valence-corrected chi connectivity index (χ0v) is 31.9. The maximum atomic E-state index is 2.56. The van der Waals surface area contributed by atoms with E-state index in [0.717, 1.165) is 7.25 Å². The third-order valence-corrected chi connectivity index (χ3v) is 33.9. The summed E-state index contributed by atoms with van der Waals surface area (Å²) in [5, 5.41) is 0. The summed E-state index contributed by atoms with van der Waals surface area (Å²) in [4.78, 5) is 0.